The first-order valence-electron chi connectivity index (χ1n) is 10.6. The van der Waals surface area contributed by atoms with E-state index in [1.54, 1.807) is 12.5 Å². The van der Waals surface area contributed by atoms with Gasteiger partial charge in [-0.1, -0.05) is 13.3 Å². The smallest absolute Gasteiger partial charge is 0.231 e. The number of aromatic nitrogens is 6. The Morgan fingerprint density at radius 2 is 2.12 bits per heavy atom. The Hall–Kier alpha value is -4.13. The third-order valence-corrected chi connectivity index (χ3v) is 4.97. The van der Waals surface area contributed by atoms with E-state index in [2.05, 4.69) is 48.8 Å². The lowest BCUT2D eigenvalue weighted by atomic mass is 10.1. The second-order valence-electron chi connectivity index (χ2n) is 7.25. The molecule has 3 heterocycles. The van der Waals surface area contributed by atoms with E-state index in [0.29, 0.717) is 40.7 Å². The number of aromatic amines is 1. The van der Waals surface area contributed by atoms with E-state index in [-0.39, 0.29) is 0 Å². The number of aryl methyl sites for hydroxylation is 1. The van der Waals surface area contributed by atoms with E-state index in [9.17, 15) is 5.26 Å². The fraction of sp³-hybridized carbons (Fsp3) is 0.318. The first-order chi connectivity index (χ1) is 15.6. The van der Waals surface area contributed by atoms with Crippen molar-refractivity contribution in [3.05, 3.63) is 36.3 Å². The molecule has 0 spiro atoms. The normalized spacial score (nSPS) is 10.8. The molecule has 10 heteroatoms. The summed E-state index contributed by atoms with van der Waals surface area (Å²) in [7, 11) is 1.89. The monoisotopic (exact) mass is 431 g/mol. The van der Waals surface area contributed by atoms with Crippen molar-refractivity contribution in [2.75, 3.05) is 23.8 Å². The van der Waals surface area contributed by atoms with Gasteiger partial charge in [-0.05, 0) is 31.5 Å². The molecule has 0 radical (unpaired) electrons. The molecule has 32 heavy (non-hydrogen) atoms. The summed E-state index contributed by atoms with van der Waals surface area (Å²) >= 11 is 0. The van der Waals surface area contributed by atoms with Gasteiger partial charge in [-0.25, -0.2) is 0 Å². The summed E-state index contributed by atoms with van der Waals surface area (Å²) in [5.74, 6) is 2.42. The number of nitrogens with one attached hydrogen (secondary N) is 3. The van der Waals surface area contributed by atoms with Crippen molar-refractivity contribution in [1.29, 1.82) is 5.26 Å². The molecule has 0 saturated heterocycles. The van der Waals surface area contributed by atoms with E-state index in [0.717, 1.165) is 36.5 Å². The lowest BCUT2D eigenvalue weighted by Crippen LogP contribution is -2.07. The lowest BCUT2D eigenvalue weighted by molar-refractivity contribution is 0.342. The van der Waals surface area contributed by atoms with Crippen LogP contribution >= 0.6 is 0 Å². The predicted octanol–water partition coefficient (Wildman–Crippen LogP) is 3.98. The second-order valence-corrected chi connectivity index (χ2v) is 7.25. The Morgan fingerprint density at radius 3 is 2.84 bits per heavy atom. The third-order valence-electron chi connectivity index (χ3n) is 4.97. The largest absolute Gasteiger partial charge is 0.492 e. The van der Waals surface area contributed by atoms with Gasteiger partial charge >= 0.3 is 0 Å². The molecule has 10 nitrogen and oxygen atoms in total. The van der Waals surface area contributed by atoms with Gasteiger partial charge in [0.2, 0.25) is 5.95 Å². The average molecular weight is 432 g/mol. The molecule has 0 unspecified atom stereocenters. The van der Waals surface area contributed by atoms with Crippen LogP contribution in [-0.4, -0.2) is 42.9 Å². The third kappa shape index (κ3) is 4.18. The maximum absolute atomic E-state index is 9.45. The summed E-state index contributed by atoms with van der Waals surface area (Å²) < 4.78 is 7.71. The molecule has 4 rings (SSSR count). The summed E-state index contributed by atoms with van der Waals surface area (Å²) in [6.45, 7) is 5.32. The van der Waals surface area contributed by atoms with Crippen LogP contribution in [0, 0.1) is 11.3 Å². The molecule has 0 aliphatic carbocycles. The SMILES string of the molecule is CCCCNc1nc(Nc2ccc(-c3nncn3C)cc2OCC)nc2[nH]cc(C#N)c12. The van der Waals surface area contributed by atoms with Gasteiger partial charge in [0.15, 0.2) is 5.82 Å². The number of H-pyrrole nitrogens is 1. The molecule has 0 aliphatic heterocycles. The molecule has 0 aliphatic rings. The standard InChI is InChI=1S/C22H25N9O/c1-4-6-9-24-19-18-15(11-23)12-25-20(18)29-22(28-19)27-16-8-7-14(10-17(16)32-5-2)21-30-26-13-31(21)3/h7-8,10,12-13H,4-6,9H2,1-3H3,(H3,24,25,27,28,29). The molecule has 3 aromatic heterocycles. The minimum atomic E-state index is 0.398. The number of unbranched alkanes of at least 4 members (excludes halogenated alkanes) is 1. The van der Waals surface area contributed by atoms with Gasteiger partial charge in [-0.15, -0.1) is 10.2 Å². The lowest BCUT2D eigenvalue weighted by Gasteiger charge is -2.14. The van der Waals surface area contributed by atoms with Crippen molar-refractivity contribution in [3.63, 3.8) is 0 Å². The van der Waals surface area contributed by atoms with Gasteiger partial charge in [0.25, 0.3) is 0 Å². The number of fused-ring (bicyclic) bond motifs is 1. The number of anilines is 3. The van der Waals surface area contributed by atoms with Gasteiger partial charge in [-0.2, -0.15) is 15.2 Å². The van der Waals surface area contributed by atoms with Crippen LogP contribution < -0.4 is 15.4 Å². The van der Waals surface area contributed by atoms with Crippen LogP contribution in [0.4, 0.5) is 17.5 Å². The minimum Gasteiger partial charge on any atom is -0.492 e. The van der Waals surface area contributed by atoms with Crippen LogP contribution in [0.25, 0.3) is 22.4 Å². The zero-order valence-corrected chi connectivity index (χ0v) is 18.3. The zero-order valence-electron chi connectivity index (χ0n) is 18.3. The van der Waals surface area contributed by atoms with Gasteiger partial charge in [-0.3, -0.25) is 0 Å². The fourth-order valence-corrected chi connectivity index (χ4v) is 3.39. The van der Waals surface area contributed by atoms with E-state index in [1.807, 2.05) is 36.7 Å². The Labute approximate surface area is 185 Å². The number of rotatable bonds is 9. The summed E-state index contributed by atoms with van der Waals surface area (Å²) in [4.78, 5) is 12.3. The Morgan fingerprint density at radius 1 is 1.25 bits per heavy atom. The van der Waals surface area contributed by atoms with Crippen LogP contribution in [0.15, 0.2) is 30.7 Å². The molecule has 0 atom stereocenters. The van der Waals surface area contributed by atoms with Crippen LogP contribution in [0.3, 0.4) is 0 Å². The van der Waals surface area contributed by atoms with Crippen molar-refractivity contribution in [2.24, 2.45) is 7.05 Å². The topological polar surface area (TPSA) is 129 Å². The van der Waals surface area contributed by atoms with Gasteiger partial charge in [0.1, 0.15) is 29.6 Å². The molecule has 0 bridgehead atoms. The van der Waals surface area contributed by atoms with Gasteiger partial charge in [0, 0.05) is 25.4 Å². The van der Waals surface area contributed by atoms with Crippen molar-refractivity contribution < 1.29 is 4.74 Å². The molecule has 0 fully saturated rings. The summed E-state index contributed by atoms with van der Waals surface area (Å²) in [6.07, 6.45) is 5.36. The molecule has 3 N–H and O–H groups in total. The summed E-state index contributed by atoms with van der Waals surface area (Å²) in [5, 5.41) is 24.9. The summed E-state index contributed by atoms with van der Waals surface area (Å²) in [6, 6.07) is 7.95. The first kappa shape index (κ1) is 21.1. The highest BCUT2D eigenvalue weighted by Crippen LogP contribution is 2.33. The summed E-state index contributed by atoms with van der Waals surface area (Å²) in [5.41, 5.74) is 2.71. The van der Waals surface area contributed by atoms with Crippen molar-refractivity contribution in [3.8, 4) is 23.2 Å². The maximum atomic E-state index is 9.45. The number of ether oxygens (including phenoxy) is 1. The number of hydrogen-bond donors (Lipinski definition) is 3. The van der Waals surface area contributed by atoms with E-state index >= 15 is 0 Å². The molecule has 4 aromatic rings. The highest BCUT2D eigenvalue weighted by atomic mass is 16.5. The van der Waals surface area contributed by atoms with E-state index in [1.165, 1.54) is 0 Å². The first-order valence-corrected chi connectivity index (χ1v) is 10.6. The van der Waals surface area contributed by atoms with E-state index in [4.69, 9.17) is 4.74 Å². The van der Waals surface area contributed by atoms with Crippen LogP contribution in [0.1, 0.15) is 32.3 Å². The van der Waals surface area contributed by atoms with Crippen molar-refractivity contribution in [2.45, 2.75) is 26.7 Å². The Kier molecular flexibility index (Phi) is 6.17. The molecular formula is C22H25N9O. The van der Waals surface area contributed by atoms with E-state index < -0.39 is 0 Å². The molecule has 0 saturated carbocycles. The number of hydrogen-bond acceptors (Lipinski definition) is 8. The molecular weight excluding hydrogens is 406 g/mol. The number of nitriles is 1. The van der Waals surface area contributed by atoms with Crippen molar-refractivity contribution in [1.82, 2.24) is 29.7 Å². The Balaban J connectivity index is 1.70. The quantitative estimate of drug-likeness (QED) is 0.339. The molecule has 0 amide bonds. The molecule has 164 valence electrons. The number of benzene rings is 1. The zero-order chi connectivity index (χ0) is 22.5. The minimum absolute atomic E-state index is 0.398. The number of nitrogens with zero attached hydrogens (tertiary/aromatic N) is 6. The van der Waals surface area contributed by atoms with Crippen molar-refractivity contribution >= 4 is 28.5 Å². The highest BCUT2D eigenvalue weighted by Gasteiger charge is 2.16. The Bertz CT molecular complexity index is 1270. The predicted molar refractivity (Wildman–Crippen MR) is 123 cm³/mol. The van der Waals surface area contributed by atoms with Crippen LogP contribution in [0.2, 0.25) is 0 Å². The average Bonchev–Trinajstić information content (AvgIpc) is 3.41. The second kappa shape index (κ2) is 9.34. The van der Waals surface area contributed by atoms with Gasteiger partial charge in [0.05, 0.1) is 23.2 Å². The maximum Gasteiger partial charge on any atom is 0.231 e. The van der Waals surface area contributed by atoms with Gasteiger partial charge < -0.3 is 24.9 Å². The van der Waals surface area contributed by atoms with Crippen LogP contribution in [-0.2, 0) is 7.05 Å². The van der Waals surface area contributed by atoms with Crippen LogP contribution in [0.5, 0.6) is 5.75 Å². The highest BCUT2D eigenvalue weighted by molar-refractivity contribution is 5.93. The molecule has 1 aromatic carbocycles. The fourth-order valence-electron chi connectivity index (χ4n) is 3.39.